The summed E-state index contributed by atoms with van der Waals surface area (Å²) < 4.78 is 10.3. The minimum atomic E-state index is -0.218. The number of thiazole rings is 1. The molecule has 0 bridgehead atoms. The maximum absolute atomic E-state index is 12.8. The molecule has 1 unspecified atom stereocenters. The van der Waals surface area contributed by atoms with Crippen LogP contribution in [-0.2, 0) is 11.3 Å². The van der Waals surface area contributed by atoms with Gasteiger partial charge in [0, 0.05) is 49.7 Å². The number of amides is 1. The van der Waals surface area contributed by atoms with Gasteiger partial charge in [-0.05, 0) is 38.1 Å². The van der Waals surface area contributed by atoms with Crippen molar-refractivity contribution in [3.8, 4) is 17.0 Å². The number of piperazine rings is 1. The zero-order valence-electron chi connectivity index (χ0n) is 18.0. The number of hydrogen-bond donors (Lipinski definition) is 1. The lowest BCUT2D eigenvalue weighted by atomic mass is 10.2. The molecule has 3 aromatic rings. The highest BCUT2D eigenvalue weighted by molar-refractivity contribution is 7.14. The number of nitrogens with zero attached hydrogens (tertiary/aromatic N) is 4. The molecule has 1 atom stereocenters. The van der Waals surface area contributed by atoms with Crippen molar-refractivity contribution in [1.82, 2.24) is 19.9 Å². The van der Waals surface area contributed by atoms with Crippen molar-refractivity contribution in [2.45, 2.75) is 26.4 Å². The van der Waals surface area contributed by atoms with Crippen LogP contribution in [0.5, 0.6) is 5.75 Å². The lowest BCUT2D eigenvalue weighted by Crippen LogP contribution is -2.52. The third-order valence-electron chi connectivity index (χ3n) is 5.52. The predicted molar refractivity (Wildman–Crippen MR) is 120 cm³/mol. The highest BCUT2D eigenvalue weighted by atomic mass is 32.1. The van der Waals surface area contributed by atoms with Gasteiger partial charge in [-0.2, -0.15) is 0 Å². The van der Waals surface area contributed by atoms with Crippen LogP contribution in [0.15, 0.2) is 40.2 Å². The lowest BCUT2D eigenvalue weighted by Gasteiger charge is -2.36. The van der Waals surface area contributed by atoms with Crippen molar-refractivity contribution in [3.05, 3.63) is 47.2 Å². The molecule has 9 heteroatoms. The third kappa shape index (κ3) is 5.30. The first kappa shape index (κ1) is 21.5. The summed E-state index contributed by atoms with van der Waals surface area (Å²) in [6, 6.07) is 9.47. The molecule has 0 aliphatic carbocycles. The van der Waals surface area contributed by atoms with Crippen LogP contribution in [0, 0.1) is 6.92 Å². The number of nitrogens with one attached hydrogen (secondary N) is 1. The Balaban J connectivity index is 1.28. The van der Waals surface area contributed by atoms with Crippen molar-refractivity contribution >= 4 is 22.4 Å². The van der Waals surface area contributed by atoms with Crippen molar-refractivity contribution in [3.63, 3.8) is 0 Å². The summed E-state index contributed by atoms with van der Waals surface area (Å²) in [5.41, 5.74) is 2.78. The molecule has 1 saturated heterocycles. The number of hydrogen-bond acceptors (Lipinski definition) is 8. The summed E-state index contributed by atoms with van der Waals surface area (Å²) in [5.74, 6) is 1.60. The average molecular weight is 442 g/mol. The molecule has 1 aliphatic heterocycles. The van der Waals surface area contributed by atoms with E-state index >= 15 is 0 Å². The summed E-state index contributed by atoms with van der Waals surface area (Å²) in [6.45, 7) is 8.08. The van der Waals surface area contributed by atoms with E-state index in [2.05, 4.69) is 25.3 Å². The number of carbonyl (C=O) groups is 1. The van der Waals surface area contributed by atoms with Crippen LogP contribution in [0.2, 0.25) is 0 Å². The normalized spacial score (nSPS) is 16.2. The topological polar surface area (TPSA) is 83.7 Å². The van der Waals surface area contributed by atoms with E-state index in [9.17, 15) is 4.79 Å². The second-order valence-electron chi connectivity index (χ2n) is 7.67. The molecular weight excluding hydrogens is 414 g/mol. The van der Waals surface area contributed by atoms with Gasteiger partial charge in [-0.25, -0.2) is 4.98 Å². The van der Waals surface area contributed by atoms with Crippen LogP contribution in [-0.4, -0.2) is 65.2 Å². The molecule has 8 nitrogen and oxygen atoms in total. The van der Waals surface area contributed by atoms with Crippen LogP contribution in [0.3, 0.4) is 0 Å². The fraction of sp³-hybridized carbons (Fsp3) is 0.409. The SMILES string of the molecule is COc1ccc(-c2csc(NC(=O)C(C)N3CCN(Cc4cc(C)on4)CC3)n2)cc1. The van der Waals surface area contributed by atoms with Crippen LogP contribution in [0.1, 0.15) is 18.4 Å². The Hall–Kier alpha value is -2.75. The van der Waals surface area contributed by atoms with E-state index in [-0.39, 0.29) is 11.9 Å². The molecule has 4 rings (SSSR count). The van der Waals surface area contributed by atoms with Crippen LogP contribution < -0.4 is 10.1 Å². The first-order valence-electron chi connectivity index (χ1n) is 10.3. The number of benzene rings is 1. The summed E-state index contributed by atoms with van der Waals surface area (Å²) in [6.07, 6.45) is 0. The summed E-state index contributed by atoms with van der Waals surface area (Å²) in [4.78, 5) is 21.9. The molecule has 1 aliphatic rings. The molecular formula is C22H27N5O3S. The molecule has 1 aromatic carbocycles. The quantitative estimate of drug-likeness (QED) is 0.602. The molecule has 1 fully saturated rings. The average Bonchev–Trinajstić information content (AvgIpc) is 3.42. The fourth-order valence-electron chi connectivity index (χ4n) is 3.63. The maximum Gasteiger partial charge on any atom is 0.243 e. The van der Waals surface area contributed by atoms with Gasteiger partial charge in [0.15, 0.2) is 5.13 Å². The van der Waals surface area contributed by atoms with Gasteiger partial charge in [0.1, 0.15) is 11.5 Å². The Bertz CT molecular complexity index is 1010. The van der Waals surface area contributed by atoms with Gasteiger partial charge >= 0.3 is 0 Å². The molecule has 3 heterocycles. The smallest absolute Gasteiger partial charge is 0.243 e. The number of rotatable bonds is 7. The van der Waals surface area contributed by atoms with Crippen molar-refractivity contribution in [2.75, 3.05) is 38.6 Å². The predicted octanol–water partition coefficient (Wildman–Crippen LogP) is 3.26. The number of anilines is 1. The van der Waals surface area contributed by atoms with Crippen LogP contribution >= 0.6 is 11.3 Å². The van der Waals surface area contributed by atoms with Gasteiger partial charge in [0.2, 0.25) is 5.91 Å². The number of methoxy groups -OCH3 is 1. The molecule has 164 valence electrons. The summed E-state index contributed by atoms with van der Waals surface area (Å²) in [7, 11) is 1.64. The van der Waals surface area contributed by atoms with Crippen LogP contribution in [0.25, 0.3) is 11.3 Å². The van der Waals surface area contributed by atoms with Gasteiger partial charge in [-0.1, -0.05) is 5.16 Å². The zero-order chi connectivity index (χ0) is 21.8. The summed E-state index contributed by atoms with van der Waals surface area (Å²) in [5, 5.41) is 9.60. The second-order valence-corrected chi connectivity index (χ2v) is 8.53. The Morgan fingerprint density at radius 3 is 2.65 bits per heavy atom. The minimum absolute atomic E-state index is 0.0313. The van der Waals surface area contributed by atoms with E-state index in [4.69, 9.17) is 9.26 Å². The Morgan fingerprint density at radius 2 is 2.00 bits per heavy atom. The second kappa shape index (κ2) is 9.59. The summed E-state index contributed by atoms with van der Waals surface area (Å²) >= 11 is 1.43. The molecule has 1 amide bonds. The van der Waals surface area contributed by atoms with Crippen molar-refractivity contribution < 1.29 is 14.1 Å². The van der Waals surface area contributed by atoms with Crippen molar-refractivity contribution in [2.24, 2.45) is 0 Å². The molecule has 1 N–H and O–H groups in total. The molecule has 2 aromatic heterocycles. The molecule has 31 heavy (non-hydrogen) atoms. The Labute approximate surface area is 185 Å². The Morgan fingerprint density at radius 1 is 1.26 bits per heavy atom. The van der Waals surface area contributed by atoms with Gasteiger partial charge < -0.3 is 14.6 Å². The van der Waals surface area contributed by atoms with E-state index in [1.165, 1.54) is 11.3 Å². The van der Waals surface area contributed by atoms with Crippen molar-refractivity contribution in [1.29, 1.82) is 0 Å². The maximum atomic E-state index is 12.8. The first-order valence-corrected chi connectivity index (χ1v) is 11.2. The van der Waals surface area contributed by atoms with Gasteiger partial charge in [-0.3, -0.25) is 14.6 Å². The molecule has 0 saturated carbocycles. The van der Waals surface area contributed by atoms with Gasteiger partial charge in [0.05, 0.1) is 24.5 Å². The standard InChI is InChI=1S/C22H27N5O3S/c1-15-12-18(25-30-15)13-26-8-10-27(11-9-26)16(2)21(28)24-22-23-20(14-31-22)17-4-6-19(29-3)7-5-17/h4-7,12,14,16H,8-11,13H2,1-3H3,(H,23,24,28). The highest BCUT2D eigenvalue weighted by Gasteiger charge is 2.26. The fourth-order valence-corrected chi connectivity index (χ4v) is 4.35. The number of aryl methyl sites for hydroxylation is 1. The molecule has 0 radical (unpaired) electrons. The highest BCUT2D eigenvalue weighted by Crippen LogP contribution is 2.26. The first-order chi connectivity index (χ1) is 15.0. The lowest BCUT2D eigenvalue weighted by molar-refractivity contribution is -0.121. The van der Waals surface area contributed by atoms with Gasteiger partial charge in [-0.15, -0.1) is 11.3 Å². The van der Waals surface area contributed by atoms with E-state index in [0.29, 0.717) is 5.13 Å². The number of carbonyl (C=O) groups excluding carboxylic acids is 1. The van der Waals surface area contributed by atoms with E-state index in [0.717, 1.165) is 61.2 Å². The van der Waals surface area contributed by atoms with E-state index in [1.54, 1.807) is 7.11 Å². The third-order valence-corrected chi connectivity index (χ3v) is 6.27. The minimum Gasteiger partial charge on any atom is -0.497 e. The monoisotopic (exact) mass is 441 g/mol. The largest absolute Gasteiger partial charge is 0.497 e. The molecule has 0 spiro atoms. The van der Waals surface area contributed by atoms with Crippen LogP contribution in [0.4, 0.5) is 5.13 Å². The Kier molecular flexibility index (Phi) is 6.64. The van der Waals surface area contributed by atoms with Gasteiger partial charge in [0.25, 0.3) is 0 Å². The number of aromatic nitrogens is 2. The number of ether oxygens (including phenoxy) is 1. The van der Waals surface area contributed by atoms with E-state index < -0.39 is 0 Å². The van der Waals surface area contributed by atoms with E-state index in [1.807, 2.05) is 49.6 Å². The zero-order valence-corrected chi connectivity index (χ0v) is 18.8.